The fraction of sp³-hybridized carbons (Fsp3) is 0.364. The Balaban J connectivity index is 3.03. The molecule has 0 aliphatic carbocycles. The standard InChI is InChI=1S/C11H12ClF2NO3/c1-2-17-9(16)4-6-3-7(12)5-8(15)10(6)18-11(13)14/h3,5,11H,2,4,15H2,1H3. The number of rotatable bonds is 5. The van der Waals surface area contributed by atoms with E-state index in [1.165, 1.54) is 12.1 Å². The van der Waals surface area contributed by atoms with Gasteiger partial charge in [0.05, 0.1) is 18.7 Å². The Morgan fingerprint density at radius 2 is 2.17 bits per heavy atom. The van der Waals surface area contributed by atoms with E-state index in [0.29, 0.717) is 0 Å². The van der Waals surface area contributed by atoms with Crippen molar-refractivity contribution in [3.63, 3.8) is 0 Å². The SMILES string of the molecule is CCOC(=O)Cc1cc(Cl)cc(N)c1OC(F)F. The fourth-order valence-electron chi connectivity index (χ4n) is 1.40. The van der Waals surface area contributed by atoms with Gasteiger partial charge in [-0.1, -0.05) is 11.6 Å². The predicted octanol–water partition coefficient (Wildman–Crippen LogP) is 2.63. The van der Waals surface area contributed by atoms with Crippen LogP contribution in [0.15, 0.2) is 12.1 Å². The molecule has 0 saturated heterocycles. The van der Waals surface area contributed by atoms with Crippen LogP contribution in [0.3, 0.4) is 0 Å². The number of nitrogens with two attached hydrogens (primary N) is 1. The van der Waals surface area contributed by atoms with Gasteiger partial charge in [0, 0.05) is 10.6 Å². The molecule has 0 saturated carbocycles. The number of carbonyl (C=O) groups is 1. The maximum atomic E-state index is 12.2. The average molecular weight is 280 g/mol. The quantitative estimate of drug-likeness (QED) is 0.665. The Bertz CT molecular complexity index is 441. The van der Waals surface area contributed by atoms with E-state index in [-0.39, 0.29) is 35.1 Å². The number of hydrogen-bond acceptors (Lipinski definition) is 4. The molecule has 0 spiro atoms. The van der Waals surface area contributed by atoms with E-state index in [0.717, 1.165) is 0 Å². The molecule has 0 unspecified atom stereocenters. The lowest BCUT2D eigenvalue weighted by atomic mass is 10.1. The molecule has 4 nitrogen and oxygen atoms in total. The highest BCUT2D eigenvalue weighted by molar-refractivity contribution is 6.31. The number of alkyl halides is 2. The summed E-state index contributed by atoms with van der Waals surface area (Å²) in [6.07, 6.45) is -0.235. The van der Waals surface area contributed by atoms with Gasteiger partial charge in [0.15, 0.2) is 5.75 Å². The maximum absolute atomic E-state index is 12.2. The molecular weight excluding hydrogens is 268 g/mol. The zero-order chi connectivity index (χ0) is 13.7. The molecule has 2 N–H and O–H groups in total. The molecule has 100 valence electrons. The maximum Gasteiger partial charge on any atom is 0.387 e. The van der Waals surface area contributed by atoms with Crippen molar-refractivity contribution in [2.75, 3.05) is 12.3 Å². The number of hydrogen-bond donors (Lipinski definition) is 1. The van der Waals surface area contributed by atoms with E-state index < -0.39 is 12.6 Å². The second kappa shape index (κ2) is 6.39. The first-order valence-electron chi connectivity index (χ1n) is 5.12. The van der Waals surface area contributed by atoms with Gasteiger partial charge in [-0.2, -0.15) is 8.78 Å². The van der Waals surface area contributed by atoms with Crippen LogP contribution in [0, 0.1) is 0 Å². The zero-order valence-electron chi connectivity index (χ0n) is 9.58. The molecule has 0 radical (unpaired) electrons. The van der Waals surface area contributed by atoms with Gasteiger partial charge in [-0.05, 0) is 19.1 Å². The van der Waals surface area contributed by atoms with Crippen LogP contribution < -0.4 is 10.5 Å². The topological polar surface area (TPSA) is 61.5 Å². The van der Waals surface area contributed by atoms with Gasteiger partial charge in [-0.15, -0.1) is 0 Å². The van der Waals surface area contributed by atoms with Crippen LogP contribution in [-0.2, 0) is 16.0 Å². The minimum absolute atomic E-state index is 0.0536. The molecule has 0 atom stereocenters. The lowest BCUT2D eigenvalue weighted by Crippen LogP contribution is -2.12. The summed E-state index contributed by atoms with van der Waals surface area (Å²) in [5.41, 5.74) is 5.64. The van der Waals surface area contributed by atoms with E-state index in [2.05, 4.69) is 4.74 Å². The first-order chi connectivity index (χ1) is 8.43. The van der Waals surface area contributed by atoms with Gasteiger partial charge in [-0.3, -0.25) is 4.79 Å². The van der Waals surface area contributed by atoms with Gasteiger partial charge >= 0.3 is 12.6 Å². The Hall–Kier alpha value is -1.56. The second-order valence-electron chi connectivity index (χ2n) is 3.34. The van der Waals surface area contributed by atoms with Crippen molar-refractivity contribution < 1.29 is 23.0 Å². The number of benzene rings is 1. The number of esters is 1. The number of carbonyl (C=O) groups excluding carboxylic acids is 1. The fourth-order valence-corrected chi connectivity index (χ4v) is 1.65. The van der Waals surface area contributed by atoms with Gasteiger partial charge in [-0.25, -0.2) is 0 Å². The second-order valence-corrected chi connectivity index (χ2v) is 3.78. The first kappa shape index (κ1) is 14.5. The van der Waals surface area contributed by atoms with Crippen molar-refractivity contribution in [3.8, 4) is 5.75 Å². The van der Waals surface area contributed by atoms with Crippen LogP contribution >= 0.6 is 11.6 Å². The molecule has 1 aromatic carbocycles. The Labute approximate surface area is 108 Å². The third-order valence-electron chi connectivity index (χ3n) is 2.01. The molecule has 0 aliphatic rings. The summed E-state index contributed by atoms with van der Waals surface area (Å²) in [5, 5.41) is 0.230. The predicted molar refractivity (Wildman–Crippen MR) is 62.8 cm³/mol. The van der Waals surface area contributed by atoms with Gasteiger partial charge in [0.25, 0.3) is 0 Å². The van der Waals surface area contributed by atoms with Gasteiger partial charge in [0.1, 0.15) is 0 Å². The number of anilines is 1. The molecule has 7 heteroatoms. The minimum Gasteiger partial charge on any atom is -0.466 e. The molecule has 0 bridgehead atoms. The van der Waals surface area contributed by atoms with Crippen molar-refractivity contribution in [2.45, 2.75) is 20.0 Å². The first-order valence-corrected chi connectivity index (χ1v) is 5.50. The third-order valence-corrected chi connectivity index (χ3v) is 2.22. The number of nitrogen functional groups attached to an aromatic ring is 1. The number of halogens is 3. The third kappa shape index (κ3) is 4.03. The number of ether oxygens (including phenoxy) is 2. The van der Waals surface area contributed by atoms with E-state index in [4.69, 9.17) is 22.1 Å². The molecule has 1 rings (SSSR count). The van der Waals surface area contributed by atoms with Crippen LogP contribution in [0.25, 0.3) is 0 Å². The highest BCUT2D eigenvalue weighted by Gasteiger charge is 2.17. The lowest BCUT2D eigenvalue weighted by Gasteiger charge is -2.13. The molecule has 18 heavy (non-hydrogen) atoms. The van der Waals surface area contributed by atoms with E-state index in [1.807, 2.05) is 0 Å². The van der Waals surface area contributed by atoms with Gasteiger partial charge in [0.2, 0.25) is 0 Å². The summed E-state index contributed by atoms with van der Waals surface area (Å²) in [4.78, 5) is 11.3. The molecule has 0 heterocycles. The van der Waals surface area contributed by atoms with Crippen molar-refractivity contribution >= 4 is 23.3 Å². The van der Waals surface area contributed by atoms with Crippen molar-refractivity contribution in [3.05, 3.63) is 22.7 Å². The highest BCUT2D eigenvalue weighted by atomic mass is 35.5. The van der Waals surface area contributed by atoms with Crippen LogP contribution in [0.5, 0.6) is 5.75 Å². The smallest absolute Gasteiger partial charge is 0.387 e. The van der Waals surface area contributed by atoms with Crippen molar-refractivity contribution in [2.24, 2.45) is 0 Å². The van der Waals surface area contributed by atoms with Gasteiger partial charge < -0.3 is 15.2 Å². The highest BCUT2D eigenvalue weighted by Crippen LogP contribution is 2.32. The Kier molecular flexibility index (Phi) is 5.15. The molecule has 1 aromatic rings. The van der Waals surface area contributed by atoms with Crippen LogP contribution in [0.1, 0.15) is 12.5 Å². The van der Waals surface area contributed by atoms with Crippen molar-refractivity contribution in [1.29, 1.82) is 0 Å². The zero-order valence-corrected chi connectivity index (χ0v) is 10.3. The lowest BCUT2D eigenvalue weighted by molar-refractivity contribution is -0.142. The molecule has 0 fully saturated rings. The van der Waals surface area contributed by atoms with Crippen LogP contribution in [0.4, 0.5) is 14.5 Å². The molecule has 0 aromatic heterocycles. The van der Waals surface area contributed by atoms with Crippen LogP contribution in [0.2, 0.25) is 5.02 Å². The summed E-state index contributed by atoms with van der Waals surface area (Å²) >= 11 is 5.74. The summed E-state index contributed by atoms with van der Waals surface area (Å²) in [5.74, 6) is -0.819. The molecular formula is C11H12ClF2NO3. The summed E-state index contributed by atoms with van der Waals surface area (Å²) < 4.78 is 33.5. The average Bonchev–Trinajstić information content (AvgIpc) is 2.23. The summed E-state index contributed by atoms with van der Waals surface area (Å²) in [7, 11) is 0. The van der Waals surface area contributed by atoms with E-state index in [9.17, 15) is 13.6 Å². The summed E-state index contributed by atoms with van der Waals surface area (Å²) in [6, 6.07) is 2.61. The van der Waals surface area contributed by atoms with Crippen molar-refractivity contribution in [1.82, 2.24) is 0 Å². The minimum atomic E-state index is -3.03. The molecule has 0 amide bonds. The summed E-state index contributed by atoms with van der Waals surface area (Å²) in [6.45, 7) is -1.20. The Morgan fingerprint density at radius 1 is 1.50 bits per heavy atom. The Morgan fingerprint density at radius 3 is 2.72 bits per heavy atom. The molecule has 0 aliphatic heterocycles. The monoisotopic (exact) mass is 279 g/mol. The van der Waals surface area contributed by atoms with E-state index >= 15 is 0 Å². The van der Waals surface area contributed by atoms with Crippen LogP contribution in [-0.4, -0.2) is 19.2 Å². The van der Waals surface area contributed by atoms with E-state index in [1.54, 1.807) is 6.92 Å². The largest absolute Gasteiger partial charge is 0.466 e. The normalized spacial score (nSPS) is 10.5.